The molecular weight excluding hydrogens is 446 g/mol. The van der Waals surface area contributed by atoms with Crippen LogP contribution in [0.25, 0.3) is 16.1 Å². The number of carbonyl (C=O) groups is 1. The van der Waals surface area contributed by atoms with E-state index < -0.39 is 12.0 Å². The predicted molar refractivity (Wildman–Crippen MR) is 131 cm³/mol. The lowest BCUT2D eigenvalue weighted by Gasteiger charge is -2.11. The molecule has 1 aliphatic rings. The fourth-order valence-corrected chi connectivity index (χ4v) is 5.49. The van der Waals surface area contributed by atoms with Crippen molar-refractivity contribution < 1.29 is 9.90 Å². The molecule has 0 radical (unpaired) electrons. The zero-order valence-corrected chi connectivity index (χ0v) is 19.7. The number of aliphatic imine (C=N–C) groups is 1. The van der Waals surface area contributed by atoms with Crippen LogP contribution in [0.4, 0.5) is 0 Å². The summed E-state index contributed by atoms with van der Waals surface area (Å²) in [6, 6.07) is 17.0. The molecule has 0 fully saturated rings. The number of fused-ring (bicyclic) bond motifs is 3. The van der Waals surface area contributed by atoms with Gasteiger partial charge in [-0.1, -0.05) is 36.4 Å². The van der Waals surface area contributed by atoms with Gasteiger partial charge < -0.3 is 5.11 Å². The molecule has 5 rings (SSSR count). The Balaban J connectivity index is 1.67. The lowest BCUT2D eigenvalue weighted by Crippen LogP contribution is -2.10. The van der Waals surface area contributed by atoms with Crippen molar-refractivity contribution in [3.8, 4) is 22.2 Å². The number of nitriles is 1. The average molecular weight is 468 g/mol. The summed E-state index contributed by atoms with van der Waals surface area (Å²) in [6.07, 6.45) is -0.173. The van der Waals surface area contributed by atoms with Gasteiger partial charge in [0.05, 0.1) is 23.8 Å². The average Bonchev–Trinajstić information content (AvgIpc) is 3.31. The lowest BCUT2D eigenvalue weighted by molar-refractivity contribution is -0.137. The molecule has 0 amide bonds. The van der Waals surface area contributed by atoms with Crippen molar-refractivity contribution in [1.82, 2.24) is 14.8 Å². The summed E-state index contributed by atoms with van der Waals surface area (Å²) in [4.78, 5) is 17.8. The second-order valence-corrected chi connectivity index (χ2v) is 9.47. The zero-order valence-electron chi connectivity index (χ0n) is 18.9. The quantitative estimate of drug-likeness (QED) is 0.446. The van der Waals surface area contributed by atoms with Crippen LogP contribution in [-0.2, 0) is 4.79 Å². The third-order valence-corrected chi connectivity index (χ3v) is 7.28. The molecule has 2 aromatic heterocycles. The molecule has 168 valence electrons. The maximum atomic E-state index is 11.7. The van der Waals surface area contributed by atoms with Crippen molar-refractivity contribution in [1.29, 1.82) is 5.26 Å². The van der Waals surface area contributed by atoms with E-state index in [0.717, 1.165) is 38.5 Å². The Kier molecular flexibility index (Phi) is 5.34. The molecule has 8 heteroatoms. The first kappa shape index (κ1) is 21.7. The van der Waals surface area contributed by atoms with E-state index in [2.05, 4.69) is 30.1 Å². The molecule has 7 nitrogen and oxygen atoms in total. The van der Waals surface area contributed by atoms with E-state index in [1.807, 2.05) is 54.0 Å². The highest BCUT2D eigenvalue weighted by molar-refractivity contribution is 7.15. The predicted octanol–water partition coefficient (Wildman–Crippen LogP) is 5.16. The molecule has 1 aliphatic heterocycles. The van der Waals surface area contributed by atoms with E-state index in [0.29, 0.717) is 17.2 Å². The summed E-state index contributed by atoms with van der Waals surface area (Å²) in [5, 5.41) is 28.3. The molecule has 1 atom stereocenters. The van der Waals surface area contributed by atoms with Crippen LogP contribution in [0.1, 0.15) is 51.2 Å². The van der Waals surface area contributed by atoms with Crippen LogP contribution in [-0.4, -0.2) is 31.6 Å². The lowest BCUT2D eigenvalue weighted by atomic mass is 9.96. The van der Waals surface area contributed by atoms with Gasteiger partial charge in [0.1, 0.15) is 16.9 Å². The second kappa shape index (κ2) is 8.36. The van der Waals surface area contributed by atoms with Gasteiger partial charge in [0.15, 0.2) is 5.82 Å². The van der Waals surface area contributed by atoms with Gasteiger partial charge >= 0.3 is 5.97 Å². The summed E-state index contributed by atoms with van der Waals surface area (Å²) in [5.41, 5.74) is 6.31. The largest absolute Gasteiger partial charge is 0.481 e. The summed E-state index contributed by atoms with van der Waals surface area (Å²) >= 11 is 1.64. The number of hydrogen-bond donors (Lipinski definition) is 1. The number of carboxylic acids is 1. The number of carboxylic acid groups (broad SMARTS) is 1. The summed E-state index contributed by atoms with van der Waals surface area (Å²) in [7, 11) is 0. The topological polar surface area (TPSA) is 104 Å². The van der Waals surface area contributed by atoms with Gasteiger partial charge in [-0.05, 0) is 49.6 Å². The monoisotopic (exact) mass is 467 g/mol. The van der Waals surface area contributed by atoms with Crippen LogP contribution >= 0.6 is 11.3 Å². The van der Waals surface area contributed by atoms with Gasteiger partial charge in [-0.2, -0.15) is 5.26 Å². The Hall–Kier alpha value is -4.09. The smallest absolute Gasteiger partial charge is 0.306 e. The molecule has 4 aromatic rings. The fraction of sp³-hybridized carbons (Fsp3) is 0.192. The number of thiophene rings is 1. The van der Waals surface area contributed by atoms with Gasteiger partial charge in [-0.3, -0.25) is 14.4 Å². The summed E-state index contributed by atoms with van der Waals surface area (Å²) in [5.74, 6) is 0.311. The minimum absolute atomic E-state index is 0.173. The SMILES string of the molecule is Cc1sc2c(c1C)C(c1ccc(-c3cccc(C#N)c3)cc1)=N[C@@H](CC(=O)O)c1nnc(C)n1-2. The molecule has 1 N–H and O–H groups in total. The molecule has 0 bridgehead atoms. The highest BCUT2D eigenvalue weighted by Crippen LogP contribution is 2.39. The van der Waals surface area contributed by atoms with Crippen molar-refractivity contribution in [2.75, 3.05) is 0 Å². The Bertz CT molecular complexity index is 1510. The van der Waals surface area contributed by atoms with Gasteiger partial charge in [0, 0.05) is 16.0 Å². The van der Waals surface area contributed by atoms with Gasteiger partial charge in [-0.25, -0.2) is 0 Å². The molecule has 0 spiro atoms. The first-order valence-corrected chi connectivity index (χ1v) is 11.6. The van der Waals surface area contributed by atoms with Gasteiger partial charge in [0.2, 0.25) is 0 Å². The maximum absolute atomic E-state index is 11.7. The third kappa shape index (κ3) is 3.60. The molecule has 0 unspecified atom stereocenters. The number of benzene rings is 2. The third-order valence-electron chi connectivity index (χ3n) is 6.09. The van der Waals surface area contributed by atoms with Crippen LogP contribution in [0, 0.1) is 32.1 Å². The van der Waals surface area contributed by atoms with Crippen molar-refractivity contribution >= 4 is 23.0 Å². The Morgan fingerprint density at radius 3 is 2.53 bits per heavy atom. The fourth-order valence-electron chi connectivity index (χ4n) is 4.28. The highest BCUT2D eigenvalue weighted by Gasteiger charge is 2.32. The number of nitrogens with zero attached hydrogens (tertiary/aromatic N) is 5. The summed E-state index contributed by atoms with van der Waals surface area (Å²) in [6.45, 7) is 6.02. The number of aliphatic carboxylic acids is 1. The zero-order chi connectivity index (χ0) is 24.0. The number of hydrogen-bond acceptors (Lipinski definition) is 6. The minimum atomic E-state index is -0.939. The van der Waals surface area contributed by atoms with Crippen LogP contribution in [0.3, 0.4) is 0 Å². The molecule has 3 heterocycles. The van der Waals surface area contributed by atoms with E-state index in [1.54, 1.807) is 17.4 Å². The van der Waals surface area contributed by atoms with Crippen molar-refractivity contribution in [3.63, 3.8) is 0 Å². The molecule has 2 aromatic carbocycles. The molecule has 0 saturated heterocycles. The number of rotatable bonds is 4. The van der Waals surface area contributed by atoms with Crippen LogP contribution in [0.2, 0.25) is 0 Å². The van der Waals surface area contributed by atoms with Crippen LogP contribution < -0.4 is 0 Å². The van der Waals surface area contributed by atoms with Crippen molar-refractivity contribution in [2.24, 2.45) is 4.99 Å². The maximum Gasteiger partial charge on any atom is 0.306 e. The highest BCUT2D eigenvalue weighted by atomic mass is 32.1. The molecule has 0 saturated carbocycles. The molecular formula is C26H21N5O2S. The first-order chi connectivity index (χ1) is 16.4. The van der Waals surface area contributed by atoms with Crippen molar-refractivity contribution in [2.45, 2.75) is 33.2 Å². The van der Waals surface area contributed by atoms with E-state index in [9.17, 15) is 15.2 Å². The number of aryl methyl sites for hydroxylation is 2. The van der Waals surface area contributed by atoms with E-state index in [4.69, 9.17) is 4.99 Å². The van der Waals surface area contributed by atoms with Crippen LogP contribution in [0.5, 0.6) is 0 Å². The first-order valence-electron chi connectivity index (χ1n) is 10.8. The summed E-state index contributed by atoms with van der Waals surface area (Å²) < 4.78 is 1.95. The van der Waals surface area contributed by atoms with Gasteiger partial charge in [-0.15, -0.1) is 21.5 Å². The normalized spacial score (nSPS) is 14.5. The van der Waals surface area contributed by atoms with E-state index in [1.165, 1.54) is 4.88 Å². The number of aromatic nitrogens is 3. The molecule has 34 heavy (non-hydrogen) atoms. The Morgan fingerprint density at radius 1 is 1.09 bits per heavy atom. The van der Waals surface area contributed by atoms with E-state index >= 15 is 0 Å². The Labute approximate surface area is 200 Å². The van der Waals surface area contributed by atoms with Crippen molar-refractivity contribution in [3.05, 3.63) is 87.3 Å². The second-order valence-electron chi connectivity index (χ2n) is 8.27. The van der Waals surface area contributed by atoms with Gasteiger partial charge in [0.25, 0.3) is 0 Å². The van der Waals surface area contributed by atoms with Crippen LogP contribution in [0.15, 0.2) is 53.5 Å². The Morgan fingerprint density at radius 2 is 1.82 bits per heavy atom. The standard InChI is InChI=1S/C26H21N5O2S/c1-14-15(2)34-26-23(14)24(28-21(12-22(32)33)25-30-29-16(3)31(25)26)19-9-7-18(8-10-19)20-6-4-5-17(11-20)13-27/h4-11,21H,12H2,1-3H3,(H,32,33)/t21-/m0/s1. The molecule has 0 aliphatic carbocycles. The van der Waals surface area contributed by atoms with E-state index in [-0.39, 0.29) is 6.42 Å². The minimum Gasteiger partial charge on any atom is -0.481 e.